The zero-order valence-electron chi connectivity index (χ0n) is 16.1. The van der Waals surface area contributed by atoms with Gasteiger partial charge in [-0.25, -0.2) is 9.97 Å². The Labute approximate surface area is 164 Å². The fourth-order valence-electron chi connectivity index (χ4n) is 3.48. The molecule has 1 N–H and O–H groups in total. The highest BCUT2D eigenvalue weighted by molar-refractivity contribution is 5.77. The maximum Gasteiger partial charge on any atom is 0.258 e. The molecule has 7 nitrogen and oxygen atoms in total. The molecule has 0 atom stereocenters. The molecule has 1 fully saturated rings. The Kier molecular flexibility index (Phi) is 5.53. The molecule has 0 bridgehead atoms. The van der Waals surface area contributed by atoms with Crippen molar-refractivity contribution in [1.82, 2.24) is 19.9 Å². The van der Waals surface area contributed by atoms with Gasteiger partial charge in [0.25, 0.3) is 5.56 Å². The van der Waals surface area contributed by atoms with Gasteiger partial charge in [0.1, 0.15) is 5.82 Å². The minimum Gasteiger partial charge on any atom is -0.490 e. The normalized spacial score (nSPS) is 15.1. The first-order valence-electron chi connectivity index (χ1n) is 9.77. The van der Waals surface area contributed by atoms with Crippen LogP contribution in [-0.4, -0.2) is 52.6 Å². The summed E-state index contributed by atoms with van der Waals surface area (Å²) in [6.45, 7) is 6.89. The lowest BCUT2D eigenvalue weighted by atomic mass is 10.2. The number of benzene rings is 1. The van der Waals surface area contributed by atoms with Gasteiger partial charge >= 0.3 is 0 Å². The second-order valence-corrected chi connectivity index (χ2v) is 6.97. The van der Waals surface area contributed by atoms with Crippen molar-refractivity contribution in [1.29, 1.82) is 0 Å². The molecular formula is C21H25N5O2. The maximum absolute atomic E-state index is 12.3. The third-order valence-electron chi connectivity index (χ3n) is 4.92. The SMILES string of the molecule is CCCOc1cccnc1N1CCN(Cc2nc3ccccc3c(=O)[nH]2)CC1. The Bertz CT molecular complexity index is 995. The van der Waals surface area contributed by atoms with Crippen LogP contribution in [0.1, 0.15) is 19.2 Å². The van der Waals surface area contributed by atoms with Gasteiger partial charge in [-0.3, -0.25) is 9.69 Å². The molecule has 0 spiro atoms. The zero-order chi connectivity index (χ0) is 19.3. The molecule has 0 aliphatic carbocycles. The Morgan fingerprint density at radius 1 is 1.11 bits per heavy atom. The number of nitrogens with one attached hydrogen (secondary N) is 1. The van der Waals surface area contributed by atoms with Crippen molar-refractivity contribution < 1.29 is 4.74 Å². The van der Waals surface area contributed by atoms with Gasteiger partial charge in [-0.05, 0) is 30.7 Å². The standard InChI is InChI=1S/C21H25N5O2/c1-2-14-28-18-8-5-9-22-20(18)26-12-10-25(11-13-26)15-19-23-17-7-4-3-6-16(17)21(27)24-19/h3-9H,2,10-15H2,1H3,(H,23,24,27). The first-order valence-corrected chi connectivity index (χ1v) is 9.77. The second-order valence-electron chi connectivity index (χ2n) is 6.97. The van der Waals surface area contributed by atoms with Crippen LogP contribution in [0, 0.1) is 0 Å². The molecule has 0 radical (unpaired) electrons. The molecule has 7 heteroatoms. The molecule has 2 aromatic heterocycles. The summed E-state index contributed by atoms with van der Waals surface area (Å²) in [5, 5.41) is 0.630. The monoisotopic (exact) mass is 379 g/mol. The maximum atomic E-state index is 12.3. The van der Waals surface area contributed by atoms with E-state index in [9.17, 15) is 4.79 Å². The summed E-state index contributed by atoms with van der Waals surface area (Å²) in [5.74, 6) is 2.47. The van der Waals surface area contributed by atoms with Crippen LogP contribution in [0.3, 0.4) is 0 Å². The number of rotatable bonds is 6. The number of ether oxygens (including phenoxy) is 1. The fraction of sp³-hybridized carbons (Fsp3) is 0.381. The van der Waals surface area contributed by atoms with Crippen molar-refractivity contribution in [3.63, 3.8) is 0 Å². The number of nitrogens with zero attached hydrogens (tertiary/aromatic N) is 4. The molecule has 0 saturated carbocycles. The second kappa shape index (κ2) is 8.39. The number of fused-ring (bicyclic) bond motifs is 1. The minimum absolute atomic E-state index is 0.0783. The van der Waals surface area contributed by atoms with Gasteiger partial charge in [0, 0.05) is 32.4 Å². The van der Waals surface area contributed by atoms with Crippen LogP contribution in [0.4, 0.5) is 5.82 Å². The number of anilines is 1. The Hall–Kier alpha value is -2.93. The lowest BCUT2D eigenvalue weighted by molar-refractivity contribution is 0.242. The van der Waals surface area contributed by atoms with Crippen molar-refractivity contribution in [2.75, 3.05) is 37.7 Å². The molecule has 1 aliphatic rings. The Morgan fingerprint density at radius 2 is 1.93 bits per heavy atom. The molecule has 3 aromatic rings. The van der Waals surface area contributed by atoms with E-state index in [-0.39, 0.29) is 5.56 Å². The molecule has 146 valence electrons. The molecule has 1 saturated heterocycles. The van der Waals surface area contributed by atoms with Gasteiger partial charge in [-0.1, -0.05) is 19.1 Å². The molecule has 3 heterocycles. The Morgan fingerprint density at radius 3 is 2.75 bits per heavy atom. The number of hydrogen-bond acceptors (Lipinski definition) is 6. The number of aromatic amines is 1. The van der Waals surface area contributed by atoms with Crippen LogP contribution in [0.15, 0.2) is 47.4 Å². The van der Waals surface area contributed by atoms with E-state index in [1.165, 1.54) is 0 Å². The zero-order valence-corrected chi connectivity index (χ0v) is 16.1. The number of pyridine rings is 1. The predicted octanol–water partition coefficient (Wildman–Crippen LogP) is 2.43. The first kappa shape index (κ1) is 18.4. The average Bonchev–Trinajstić information content (AvgIpc) is 2.73. The van der Waals surface area contributed by atoms with Gasteiger partial charge < -0.3 is 14.6 Å². The van der Waals surface area contributed by atoms with E-state index in [1.807, 2.05) is 36.5 Å². The van der Waals surface area contributed by atoms with Gasteiger partial charge in [0.2, 0.25) is 0 Å². The number of H-pyrrole nitrogens is 1. The summed E-state index contributed by atoms with van der Waals surface area (Å²) >= 11 is 0. The number of aromatic nitrogens is 3. The lowest BCUT2D eigenvalue weighted by Gasteiger charge is -2.35. The van der Waals surface area contributed by atoms with Crippen LogP contribution in [0.25, 0.3) is 10.9 Å². The van der Waals surface area contributed by atoms with Crippen molar-refractivity contribution in [3.8, 4) is 5.75 Å². The van der Waals surface area contributed by atoms with E-state index in [1.54, 1.807) is 6.07 Å². The van der Waals surface area contributed by atoms with Crippen LogP contribution in [-0.2, 0) is 6.54 Å². The molecule has 0 unspecified atom stereocenters. The van der Waals surface area contributed by atoms with Crippen molar-refractivity contribution >= 4 is 16.7 Å². The lowest BCUT2D eigenvalue weighted by Crippen LogP contribution is -2.46. The van der Waals surface area contributed by atoms with Crippen molar-refractivity contribution in [2.24, 2.45) is 0 Å². The molecule has 4 rings (SSSR count). The van der Waals surface area contributed by atoms with Gasteiger partial charge in [0.15, 0.2) is 11.6 Å². The van der Waals surface area contributed by atoms with Crippen molar-refractivity contribution in [2.45, 2.75) is 19.9 Å². The summed E-state index contributed by atoms with van der Waals surface area (Å²) in [7, 11) is 0. The summed E-state index contributed by atoms with van der Waals surface area (Å²) in [4.78, 5) is 28.9. The largest absolute Gasteiger partial charge is 0.490 e. The third-order valence-corrected chi connectivity index (χ3v) is 4.92. The summed E-state index contributed by atoms with van der Waals surface area (Å²) < 4.78 is 5.85. The van der Waals surface area contributed by atoms with E-state index in [2.05, 4.69) is 31.7 Å². The predicted molar refractivity (Wildman–Crippen MR) is 110 cm³/mol. The smallest absolute Gasteiger partial charge is 0.258 e. The number of piperazine rings is 1. The van der Waals surface area contributed by atoms with Crippen molar-refractivity contribution in [3.05, 3.63) is 58.8 Å². The van der Waals surface area contributed by atoms with Crippen LogP contribution in [0.5, 0.6) is 5.75 Å². The molecule has 28 heavy (non-hydrogen) atoms. The first-order chi connectivity index (χ1) is 13.7. The number of para-hydroxylation sites is 1. The highest BCUT2D eigenvalue weighted by Gasteiger charge is 2.21. The molecule has 0 amide bonds. The van der Waals surface area contributed by atoms with Crippen LogP contribution < -0.4 is 15.2 Å². The van der Waals surface area contributed by atoms with Gasteiger partial charge in [0.05, 0.1) is 24.1 Å². The highest BCUT2D eigenvalue weighted by atomic mass is 16.5. The average molecular weight is 379 g/mol. The number of hydrogen-bond donors (Lipinski definition) is 1. The van der Waals surface area contributed by atoms with E-state index in [0.29, 0.717) is 24.4 Å². The quantitative estimate of drug-likeness (QED) is 0.709. The third kappa shape index (κ3) is 3.99. The summed E-state index contributed by atoms with van der Waals surface area (Å²) in [6.07, 6.45) is 2.78. The topological polar surface area (TPSA) is 74.3 Å². The molecule has 1 aromatic carbocycles. The van der Waals surface area contributed by atoms with Crippen LogP contribution in [0.2, 0.25) is 0 Å². The Balaban J connectivity index is 1.42. The summed E-state index contributed by atoms with van der Waals surface area (Å²) in [6, 6.07) is 11.3. The highest BCUT2D eigenvalue weighted by Crippen LogP contribution is 2.26. The molecule has 1 aliphatic heterocycles. The van der Waals surface area contributed by atoms with E-state index in [4.69, 9.17) is 4.74 Å². The van der Waals surface area contributed by atoms with Gasteiger partial charge in [-0.15, -0.1) is 0 Å². The fourth-order valence-corrected chi connectivity index (χ4v) is 3.48. The van der Waals surface area contributed by atoms with Crippen LogP contribution >= 0.6 is 0 Å². The summed E-state index contributed by atoms with van der Waals surface area (Å²) in [5.41, 5.74) is 0.663. The van der Waals surface area contributed by atoms with E-state index < -0.39 is 0 Å². The van der Waals surface area contributed by atoms with E-state index in [0.717, 1.165) is 49.7 Å². The molecular weight excluding hydrogens is 354 g/mol. The minimum atomic E-state index is -0.0783. The van der Waals surface area contributed by atoms with E-state index >= 15 is 0 Å². The van der Waals surface area contributed by atoms with Gasteiger partial charge in [-0.2, -0.15) is 0 Å².